The van der Waals surface area contributed by atoms with Gasteiger partial charge in [0.2, 0.25) is 0 Å². The Morgan fingerprint density at radius 1 is 1.50 bits per heavy atom. The fourth-order valence-electron chi connectivity index (χ4n) is 1.13. The van der Waals surface area contributed by atoms with Crippen molar-refractivity contribution < 1.29 is 5.11 Å². The van der Waals surface area contributed by atoms with Crippen molar-refractivity contribution in [2.75, 3.05) is 6.61 Å². The van der Waals surface area contributed by atoms with Crippen LogP contribution in [0.5, 0.6) is 0 Å². The summed E-state index contributed by atoms with van der Waals surface area (Å²) in [7, 11) is 0. The largest absolute Gasteiger partial charge is 0.396 e. The molecular formula is C8H9N3O. The van der Waals surface area contributed by atoms with E-state index in [0.29, 0.717) is 6.42 Å². The first-order valence-electron chi connectivity index (χ1n) is 3.78. The molecule has 0 spiro atoms. The van der Waals surface area contributed by atoms with Crippen LogP contribution in [0.1, 0.15) is 5.69 Å². The summed E-state index contributed by atoms with van der Waals surface area (Å²) in [5.74, 6) is 0. The van der Waals surface area contributed by atoms with E-state index in [2.05, 4.69) is 9.97 Å². The lowest BCUT2D eigenvalue weighted by atomic mass is 10.4. The van der Waals surface area contributed by atoms with Crippen LogP contribution in [0.2, 0.25) is 0 Å². The molecule has 0 aromatic carbocycles. The minimum atomic E-state index is 0.136. The molecule has 4 heteroatoms. The zero-order chi connectivity index (χ0) is 8.39. The van der Waals surface area contributed by atoms with Crippen molar-refractivity contribution in [1.82, 2.24) is 14.4 Å². The van der Waals surface area contributed by atoms with Crippen LogP contribution in [-0.4, -0.2) is 26.1 Å². The van der Waals surface area contributed by atoms with Gasteiger partial charge in [0, 0.05) is 31.6 Å². The third-order valence-electron chi connectivity index (χ3n) is 1.68. The van der Waals surface area contributed by atoms with E-state index in [4.69, 9.17) is 5.11 Å². The highest BCUT2D eigenvalue weighted by Gasteiger charge is 1.98. The first-order valence-corrected chi connectivity index (χ1v) is 3.78. The van der Waals surface area contributed by atoms with Gasteiger partial charge in [0.15, 0.2) is 5.65 Å². The van der Waals surface area contributed by atoms with Crippen LogP contribution in [-0.2, 0) is 6.42 Å². The number of nitrogens with zero attached hydrogens (tertiary/aromatic N) is 3. The molecule has 1 N–H and O–H groups in total. The molecule has 4 nitrogen and oxygen atoms in total. The highest BCUT2D eigenvalue weighted by Crippen LogP contribution is 2.02. The molecule has 62 valence electrons. The summed E-state index contributed by atoms with van der Waals surface area (Å²) in [6.45, 7) is 0.136. The number of hydrogen-bond acceptors (Lipinski definition) is 3. The predicted octanol–water partition coefficient (Wildman–Crippen LogP) is 0.264. The lowest BCUT2D eigenvalue weighted by Gasteiger charge is -1.86. The number of aliphatic hydroxyl groups excluding tert-OH is 1. The summed E-state index contributed by atoms with van der Waals surface area (Å²) >= 11 is 0. The van der Waals surface area contributed by atoms with E-state index in [9.17, 15) is 0 Å². The van der Waals surface area contributed by atoms with Gasteiger partial charge in [-0.3, -0.25) is 4.98 Å². The summed E-state index contributed by atoms with van der Waals surface area (Å²) in [5, 5.41) is 8.68. The Kier molecular flexibility index (Phi) is 1.75. The zero-order valence-electron chi connectivity index (χ0n) is 6.51. The normalized spacial score (nSPS) is 10.8. The Bertz CT molecular complexity index is 349. The van der Waals surface area contributed by atoms with Gasteiger partial charge in [0.05, 0.1) is 11.9 Å². The molecule has 0 aliphatic heterocycles. The number of rotatable bonds is 2. The highest BCUT2D eigenvalue weighted by atomic mass is 16.3. The Morgan fingerprint density at radius 3 is 3.17 bits per heavy atom. The van der Waals surface area contributed by atoms with Crippen LogP contribution >= 0.6 is 0 Å². The van der Waals surface area contributed by atoms with Crippen molar-refractivity contribution in [3.8, 4) is 0 Å². The molecule has 0 saturated carbocycles. The van der Waals surface area contributed by atoms with Crippen LogP contribution in [0.4, 0.5) is 0 Å². The van der Waals surface area contributed by atoms with Crippen LogP contribution in [0, 0.1) is 0 Å². The SMILES string of the molecule is OCCc1cn2ccncc2n1. The summed E-state index contributed by atoms with van der Waals surface area (Å²) in [6.07, 6.45) is 7.73. The van der Waals surface area contributed by atoms with Crippen molar-refractivity contribution in [3.63, 3.8) is 0 Å². The smallest absolute Gasteiger partial charge is 0.155 e. The van der Waals surface area contributed by atoms with Crippen LogP contribution in [0.3, 0.4) is 0 Å². The topological polar surface area (TPSA) is 50.4 Å². The first kappa shape index (κ1) is 7.24. The van der Waals surface area contributed by atoms with Gasteiger partial charge in [0.25, 0.3) is 0 Å². The molecule has 2 rings (SSSR count). The Morgan fingerprint density at radius 2 is 2.42 bits per heavy atom. The molecule has 2 heterocycles. The average Bonchev–Trinajstić information content (AvgIpc) is 2.47. The molecule has 0 radical (unpaired) electrons. The van der Waals surface area contributed by atoms with Gasteiger partial charge in [-0.05, 0) is 0 Å². The third kappa shape index (κ3) is 1.16. The van der Waals surface area contributed by atoms with Crippen molar-refractivity contribution in [2.45, 2.75) is 6.42 Å². The van der Waals surface area contributed by atoms with Gasteiger partial charge in [-0.2, -0.15) is 0 Å². The lowest BCUT2D eigenvalue weighted by Crippen LogP contribution is -1.89. The minimum absolute atomic E-state index is 0.136. The maximum absolute atomic E-state index is 8.68. The second-order valence-corrected chi connectivity index (χ2v) is 2.55. The maximum Gasteiger partial charge on any atom is 0.155 e. The summed E-state index contributed by atoms with van der Waals surface area (Å²) in [5.41, 5.74) is 1.71. The van der Waals surface area contributed by atoms with Gasteiger partial charge < -0.3 is 9.51 Å². The molecule has 0 aliphatic carbocycles. The quantitative estimate of drug-likeness (QED) is 0.691. The van der Waals surface area contributed by atoms with Crippen molar-refractivity contribution in [3.05, 3.63) is 30.5 Å². The predicted molar refractivity (Wildman–Crippen MR) is 43.8 cm³/mol. The molecule has 0 unspecified atom stereocenters. The van der Waals surface area contributed by atoms with E-state index in [1.54, 1.807) is 12.4 Å². The summed E-state index contributed by atoms with van der Waals surface area (Å²) < 4.78 is 1.89. The number of hydrogen-bond donors (Lipinski definition) is 1. The van der Waals surface area contributed by atoms with Crippen molar-refractivity contribution in [2.24, 2.45) is 0 Å². The van der Waals surface area contributed by atoms with Crippen molar-refractivity contribution >= 4 is 5.65 Å². The van der Waals surface area contributed by atoms with E-state index < -0.39 is 0 Å². The zero-order valence-corrected chi connectivity index (χ0v) is 6.51. The molecule has 0 fully saturated rings. The second kappa shape index (κ2) is 2.91. The van der Waals surface area contributed by atoms with Gasteiger partial charge in [0.1, 0.15) is 0 Å². The van der Waals surface area contributed by atoms with Gasteiger partial charge in [-0.1, -0.05) is 0 Å². The van der Waals surface area contributed by atoms with Crippen LogP contribution < -0.4 is 0 Å². The molecule has 0 bridgehead atoms. The average molecular weight is 163 g/mol. The maximum atomic E-state index is 8.68. The number of fused-ring (bicyclic) bond motifs is 1. The van der Waals surface area contributed by atoms with Crippen molar-refractivity contribution in [1.29, 1.82) is 0 Å². The van der Waals surface area contributed by atoms with E-state index in [1.807, 2.05) is 16.8 Å². The Hall–Kier alpha value is -1.42. The molecule has 2 aromatic rings. The lowest BCUT2D eigenvalue weighted by molar-refractivity contribution is 0.298. The van der Waals surface area contributed by atoms with E-state index in [-0.39, 0.29) is 6.61 Å². The standard InChI is InChI=1S/C8H9N3O/c12-4-1-7-6-11-3-2-9-5-8(11)10-7/h2-3,5-6,12H,1,4H2. The minimum Gasteiger partial charge on any atom is -0.396 e. The third-order valence-corrected chi connectivity index (χ3v) is 1.68. The number of imidazole rings is 1. The molecule has 0 saturated heterocycles. The fraction of sp³-hybridized carbons (Fsp3) is 0.250. The molecular weight excluding hydrogens is 154 g/mol. The second-order valence-electron chi connectivity index (χ2n) is 2.55. The van der Waals surface area contributed by atoms with Crippen LogP contribution in [0.25, 0.3) is 5.65 Å². The van der Waals surface area contributed by atoms with Gasteiger partial charge in [-0.25, -0.2) is 4.98 Å². The molecule has 2 aromatic heterocycles. The first-order chi connectivity index (χ1) is 5.90. The molecule has 12 heavy (non-hydrogen) atoms. The Labute approximate surface area is 69.5 Å². The van der Waals surface area contributed by atoms with E-state index in [1.165, 1.54) is 0 Å². The number of aliphatic hydroxyl groups is 1. The van der Waals surface area contributed by atoms with Crippen LogP contribution in [0.15, 0.2) is 24.8 Å². The Balaban J connectivity index is 2.47. The van der Waals surface area contributed by atoms with Gasteiger partial charge in [-0.15, -0.1) is 0 Å². The van der Waals surface area contributed by atoms with E-state index in [0.717, 1.165) is 11.3 Å². The number of aromatic nitrogens is 3. The summed E-state index contributed by atoms with van der Waals surface area (Å²) in [6, 6.07) is 0. The summed E-state index contributed by atoms with van der Waals surface area (Å²) in [4.78, 5) is 8.18. The van der Waals surface area contributed by atoms with E-state index >= 15 is 0 Å². The molecule has 0 atom stereocenters. The fourth-order valence-corrected chi connectivity index (χ4v) is 1.13. The highest BCUT2D eigenvalue weighted by molar-refractivity contribution is 5.36. The molecule has 0 aliphatic rings. The molecule has 0 amide bonds. The monoisotopic (exact) mass is 163 g/mol. The van der Waals surface area contributed by atoms with Gasteiger partial charge >= 0.3 is 0 Å².